The van der Waals surface area contributed by atoms with Crippen molar-refractivity contribution in [3.63, 3.8) is 0 Å². The highest BCUT2D eigenvalue weighted by Gasteiger charge is 2.22. The SMILES string of the molecule is CCOC(=O)C(=O)c1n[nH]c2ccccc12. The molecule has 1 N–H and O–H groups in total. The molecule has 16 heavy (non-hydrogen) atoms. The van der Waals surface area contributed by atoms with Gasteiger partial charge < -0.3 is 4.74 Å². The first-order valence-electron chi connectivity index (χ1n) is 4.88. The first kappa shape index (κ1) is 10.4. The summed E-state index contributed by atoms with van der Waals surface area (Å²) in [4.78, 5) is 22.9. The number of benzene rings is 1. The Morgan fingerprint density at radius 3 is 2.88 bits per heavy atom. The third-order valence-corrected chi connectivity index (χ3v) is 2.15. The highest BCUT2D eigenvalue weighted by Crippen LogP contribution is 2.15. The standard InChI is InChI=1S/C11H10N2O3/c1-2-16-11(15)10(14)9-7-5-3-4-6-8(7)12-13-9/h3-6H,2H2,1H3,(H,12,13). The lowest BCUT2D eigenvalue weighted by Gasteiger charge is -1.97. The van der Waals surface area contributed by atoms with Gasteiger partial charge >= 0.3 is 5.97 Å². The molecule has 0 aliphatic rings. The van der Waals surface area contributed by atoms with E-state index in [0.29, 0.717) is 5.39 Å². The molecule has 0 spiro atoms. The third-order valence-electron chi connectivity index (χ3n) is 2.15. The minimum Gasteiger partial charge on any atom is -0.460 e. The number of Topliss-reactive ketones (excluding diaryl/α,β-unsaturated/α-hetero) is 1. The van der Waals surface area contributed by atoms with Gasteiger partial charge in [-0.05, 0) is 13.0 Å². The second kappa shape index (κ2) is 4.14. The number of ether oxygens (including phenoxy) is 1. The number of ketones is 1. The van der Waals surface area contributed by atoms with Gasteiger partial charge in [0.1, 0.15) is 5.69 Å². The molecule has 0 radical (unpaired) electrons. The molecule has 0 amide bonds. The van der Waals surface area contributed by atoms with Crippen LogP contribution in [0.1, 0.15) is 17.4 Å². The van der Waals surface area contributed by atoms with Crippen molar-refractivity contribution in [2.75, 3.05) is 6.61 Å². The van der Waals surface area contributed by atoms with Crippen LogP contribution in [0.25, 0.3) is 10.9 Å². The Morgan fingerprint density at radius 2 is 2.12 bits per heavy atom. The summed E-state index contributed by atoms with van der Waals surface area (Å²) in [5, 5.41) is 7.14. The maximum absolute atomic E-state index is 11.7. The minimum absolute atomic E-state index is 0.106. The summed E-state index contributed by atoms with van der Waals surface area (Å²) < 4.78 is 4.63. The molecule has 0 fully saturated rings. The number of aromatic amines is 1. The molecule has 2 rings (SSSR count). The highest BCUT2D eigenvalue weighted by molar-refractivity contribution is 6.42. The first-order chi connectivity index (χ1) is 7.74. The highest BCUT2D eigenvalue weighted by atomic mass is 16.5. The van der Waals surface area contributed by atoms with Gasteiger partial charge in [-0.15, -0.1) is 0 Å². The van der Waals surface area contributed by atoms with Gasteiger partial charge in [0.15, 0.2) is 0 Å². The number of esters is 1. The van der Waals surface area contributed by atoms with Gasteiger partial charge in [0.2, 0.25) is 0 Å². The second-order valence-corrected chi connectivity index (χ2v) is 3.17. The van der Waals surface area contributed by atoms with E-state index < -0.39 is 11.8 Å². The molecule has 0 aliphatic heterocycles. The molecule has 0 aliphatic carbocycles. The Balaban J connectivity index is 2.40. The number of carbonyl (C=O) groups is 2. The van der Waals surface area contributed by atoms with E-state index in [1.165, 1.54) is 0 Å². The van der Waals surface area contributed by atoms with Crippen molar-refractivity contribution >= 4 is 22.7 Å². The Kier molecular flexibility index (Phi) is 2.68. The number of aromatic nitrogens is 2. The maximum Gasteiger partial charge on any atom is 0.381 e. The predicted molar refractivity (Wildman–Crippen MR) is 57.1 cm³/mol. The average molecular weight is 218 g/mol. The van der Waals surface area contributed by atoms with E-state index in [-0.39, 0.29) is 12.3 Å². The van der Waals surface area contributed by atoms with Gasteiger partial charge in [-0.3, -0.25) is 9.89 Å². The lowest BCUT2D eigenvalue weighted by atomic mass is 10.1. The Labute approximate surface area is 91.4 Å². The summed E-state index contributed by atoms with van der Waals surface area (Å²) >= 11 is 0. The van der Waals surface area contributed by atoms with Crippen LogP contribution in [-0.4, -0.2) is 28.6 Å². The number of carbonyl (C=O) groups excluding carboxylic acids is 2. The second-order valence-electron chi connectivity index (χ2n) is 3.17. The number of nitrogens with zero attached hydrogens (tertiary/aromatic N) is 1. The molecular weight excluding hydrogens is 208 g/mol. The molecule has 2 aromatic rings. The smallest absolute Gasteiger partial charge is 0.381 e. The van der Waals surface area contributed by atoms with Crippen molar-refractivity contribution in [1.82, 2.24) is 10.2 Å². The lowest BCUT2D eigenvalue weighted by molar-refractivity contribution is -0.137. The van der Waals surface area contributed by atoms with Crippen LogP contribution in [-0.2, 0) is 9.53 Å². The van der Waals surface area contributed by atoms with Crippen LogP contribution in [0.5, 0.6) is 0 Å². The van der Waals surface area contributed by atoms with E-state index in [4.69, 9.17) is 0 Å². The number of fused-ring (bicyclic) bond motifs is 1. The Hall–Kier alpha value is -2.17. The Bertz CT molecular complexity index is 545. The van der Waals surface area contributed by atoms with Gasteiger partial charge in [0.25, 0.3) is 5.78 Å². The normalized spacial score (nSPS) is 10.3. The molecule has 5 nitrogen and oxygen atoms in total. The Morgan fingerprint density at radius 1 is 1.38 bits per heavy atom. The number of hydrogen-bond donors (Lipinski definition) is 1. The predicted octanol–water partition coefficient (Wildman–Crippen LogP) is 1.31. The molecule has 1 aromatic heterocycles. The summed E-state index contributed by atoms with van der Waals surface area (Å²) in [6.07, 6.45) is 0. The van der Waals surface area contributed by atoms with E-state index in [1.807, 2.05) is 6.07 Å². The van der Waals surface area contributed by atoms with E-state index in [9.17, 15) is 9.59 Å². The molecule has 0 saturated carbocycles. The zero-order valence-corrected chi connectivity index (χ0v) is 8.69. The van der Waals surface area contributed by atoms with Crippen molar-refractivity contribution in [2.24, 2.45) is 0 Å². The molecule has 5 heteroatoms. The average Bonchev–Trinajstić information content (AvgIpc) is 2.72. The summed E-state index contributed by atoms with van der Waals surface area (Å²) in [5.41, 5.74) is 0.823. The van der Waals surface area contributed by atoms with Gasteiger partial charge in [-0.2, -0.15) is 5.10 Å². The fourth-order valence-corrected chi connectivity index (χ4v) is 1.43. The van der Waals surface area contributed by atoms with E-state index in [0.717, 1.165) is 5.52 Å². The molecule has 0 saturated heterocycles. The van der Waals surface area contributed by atoms with Gasteiger partial charge in [0, 0.05) is 5.39 Å². The number of nitrogens with one attached hydrogen (secondary N) is 1. The summed E-state index contributed by atoms with van der Waals surface area (Å²) in [6, 6.07) is 7.11. The van der Waals surface area contributed by atoms with Crippen LogP contribution >= 0.6 is 0 Å². The number of hydrogen-bond acceptors (Lipinski definition) is 4. The van der Waals surface area contributed by atoms with Crippen LogP contribution < -0.4 is 0 Å². The lowest BCUT2D eigenvalue weighted by Crippen LogP contribution is -2.18. The topological polar surface area (TPSA) is 72.1 Å². The van der Waals surface area contributed by atoms with Crippen LogP contribution in [0.15, 0.2) is 24.3 Å². The van der Waals surface area contributed by atoms with Crippen molar-refractivity contribution in [3.8, 4) is 0 Å². The van der Waals surface area contributed by atoms with E-state index in [1.54, 1.807) is 25.1 Å². The molecule has 0 bridgehead atoms. The summed E-state index contributed by atoms with van der Waals surface area (Å²) in [6.45, 7) is 1.82. The quantitative estimate of drug-likeness (QED) is 0.479. The third kappa shape index (κ3) is 1.67. The van der Waals surface area contributed by atoms with Crippen molar-refractivity contribution in [1.29, 1.82) is 0 Å². The van der Waals surface area contributed by atoms with Crippen molar-refractivity contribution in [3.05, 3.63) is 30.0 Å². The molecule has 82 valence electrons. The first-order valence-corrected chi connectivity index (χ1v) is 4.88. The number of rotatable bonds is 3. The summed E-state index contributed by atoms with van der Waals surface area (Å²) in [7, 11) is 0. The van der Waals surface area contributed by atoms with Crippen LogP contribution in [0.3, 0.4) is 0 Å². The largest absolute Gasteiger partial charge is 0.460 e. The molecule has 0 atom stereocenters. The molecular formula is C11H10N2O3. The van der Waals surface area contributed by atoms with E-state index >= 15 is 0 Å². The molecule has 1 aromatic carbocycles. The zero-order chi connectivity index (χ0) is 11.5. The van der Waals surface area contributed by atoms with Gasteiger partial charge in [0.05, 0.1) is 12.1 Å². The van der Waals surface area contributed by atoms with Gasteiger partial charge in [-0.1, -0.05) is 18.2 Å². The minimum atomic E-state index is -0.875. The number of para-hydroxylation sites is 1. The van der Waals surface area contributed by atoms with Crippen molar-refractivity contribution in [2.45, 2.75) is 6.92 Å². The molecule has 1 heterocycles. The van der Waals surface area contributed by atoms with Crippen molar-refractivity contribution < 1.29 is 14.3 Å². The van der Waals surface area contributed by atoms with Crippen LogP contribution in [0.4, 0.5) is 0 Å². The van der Waals surface area contributed by atoms with Crippen LogP contribution in [0.2, 0.25) is 0 Å². The fourth-order valence-electron chi connectivity index (χ4n) is 1.43. The van der Waals surface area contributed by atoms with Crippen LogP contribution in [0, 0.1) is 0 Å². The summed E-state index contributed by atoms with van der Waals surface area (Å²) in [5.74, 6) is -1.60. The maximum atomic E-state index is 11.7. The monoisotopic (exact) mass is 218 g/mol. The van der Waals surface area contributed by atoms with E-state index in [2.05, 4.69) is 14.9 Å². The van der Waals surface area contributed by atoms with Gasteiger partial charge in [-0.25, -0.2) is 4.79 Å². The number of H-pyrrole nitrogens is 1. The zero-order valence-electron chi connectivity index (χ0n) is 8.69. The fraction of sp³-hybridized carbons (Fsp3) is 0.182. The molecule has 0 unspecified atom stereocenters.